The summed E-state index contributed by atoms with van der Waals surface area (Å²) in [5.74, 6) is 0. The summed E-state index contributed by atoms with van der Waals surface area (Å²) in [5, 5.41) is 12.9. The molecule has 2 rings (SSSR count). The second kappa shape index (κ2) is 9.17. The normalized spacial score (nSPS) is 18.0. The van der Waals surface area contributed by atoms with Crippen molar-refractivity contribution in [1.29, 1.82) is 0 Å². The number of benzene rings is 1. The monoisotopic (exact) mass is 402 g/mol. The molecule has 0 aromatic heterocycles. The van der Waals surface area contributed by atoms with Crippen molar-refractivity contribution in [3.8, 4) is 0 Å². The molecule has 1 saturated heterocycles. The molecule has 0 bridgehead atoms. The number of ether oxygens (including phenoxy) is 1. The maximum absolute atomic E-state index is 12.5. The Labute approximate surface area is 162 Å². The van der Waals surface area contributed by atoms with Crippen LogP contribution in [0.3, 0.4) is 0 Å². The molecule has 0 saturated carbocycles. The van der Waals surface area contributed by atoms with Gasteiger partial charge in [0.15, 0.2) is 0 Å². The maximum Gasteiger partial charge on any atom is 0.407 e. The van der Waals surface area contributed by atoms with Gasteiger partial charge in [-0.25, -0.2) is 4.79 Å². The molecule has 1 unspecified atom stereocenters. The van der Waals surface area contributed by atoms with E-state index in [4.69, 9.17) is 16.3 Å². The Hall–Kier alpha value is -1.15. The minimum absolute atomic E-state index is 0.0996. The number of hydrogen-bond donors (Lipinski definition) is 2. The van der Waals surface area contributed by atoms with Crippen LogP contribution in [0.2, 0.25) is 5.02 Å². The van der Waals surface area contributed by atoms with Crippen LogP contribution in [0.4, 0.5) is 4.79 Å². The van der Waals surface area contributed by atoms with Crippen molar-refractivity contribution < 1.29 is 18.8 Å². The SMILES string of the molecule is CC(C)(C)OC(=O)NC(CO)CCN1CC([S@](=O)c2ccc(Cl)cc2)C1. The number of amides is 1. The molecule has 0 aliphatic carbocycles. The Bertz CT molecular complexity index is 627. The highest BCUT2D eigenvalue weighted by Gasteiger charge is 2.32. The first kappa shape index (κ1) is 21.2. The lowest BCUT2D eigenvalue weighted by Gasteiger charge is -2.39. The van der Waals surface area contributed by atoms with Gasteiger partial charge in [-0.3, -0.25) is 4.21 Å². The van der Waals surface area contributed by atoms with E-state index in [0.29, 0.717) is 11.4 Å². The number of hydrogen-bond acceptors (Lipinski definition) is 5. The smallest absolute Gasteiger partial charge is 0.407 e. The first-order chi connectivity index (χ1) is 12.2. The lowest BCUT2D eigenvalue weighted by atomic mass is 10.1. The molecule has 0 spiro atoms. The fourth-order valence-corrected chi connectivity index (χ4v) is 4.23. The van der Waals surface area contributed by atoms with Crippen LogP contribution in [0.1, 0.15) is 27.2 Å². The zero-order valence-electron chi connectivity index (χ0n) is 15.4. The summed E-state index contributed by atoms with van der Waals surface area (Å²) in [6.07, 6.45) is 0.0811. The van der Waals surface area contributed by atoms with Crippen LogP contribution in [0.25, 0.3) is 0 Å². The van der Waals surface area contributed by atoms with Gasteiger partial charge in [0.05, 0.1) is 28.7 Å². The van der Waals surface area contributed by atoms with E-state index in [1.165, 1.54) is 0 Å². The van der Waals surface area contributed by atoms with E-state index in [1.54, 1.807) is 45.0 Å². The number of nitrogens with one attached hydrogen (secondary N) is 1. The average Bonchev–Trinajstić information content (AvgIpc) is 2.50. The number of likely N-dealkylation sites (tertiary alicyclic amines) is 1. The summed E-state index contributed by atoms with van der Waals surface area (Å²) in [7, 11) is -1.05. The highest BCUT2D eigenvalue weighted by Crippen LogP contribution is 2.22. The van der Waals surface area contributed by atoms with Gasteiger partial charge in [0, 0.05) is 29.6 Å². The molecule has 6 nitrogen and oxygen atoms in total. The van der Waals surface area contributed by atoms with Crippen molar-refractivity contribution in [3.05, 3.63) is 29.3 Å². The first-order valence-electron chi connectivity index (χ1n) is 8.67. The van der Waals surface area contributed by atoms with Crippen LogP contribution >= 0.6 is 11.6 Å². The van der Waals surface area contributed by atoms with Crippen LogP contribution in [0.5, 0.6) is 0 Å². The first-order valence-corrected chi connectivity index (χ1v) is 10.3. The number of alkyl carbamates (subject to hydrolysis) is 1. The van der Waals surface area contributed by atoms with Crippen molar-refractivity contribution in [2.24, 2.45) is 0 Å². The van der Waals surface area contributed by atoms with Crippen LogP contribution < -0.4 is 5.32 Å². The molecule has 1 aliphatic rings. The van der Waals surface area contributed by atoms with E-state index >= 15 is 0 Å². The fourth-order valence-electron chi connectivity index (χ4n) is 2.62. The Morgan fingerprint density at radius 1 is 1.38 bits per heavy atom. The number of aliphatic hydroxyl groups excluding tert-OH is 1. The average molecular weight is 403 g/mol. The fraction of sp³-hybridized carbons (Fsp3) is 0.611. The predicted molar refractivity (Wildman–Crippen MR) is 103 cm³/mol. The molecule has 0 radical (unpaired) electrons. The third kappa shape index (κ3) is 6.54. The molecular formula is C18H27ClN2O4S. The molecule has 1 aliphatic heterocycles. The Morgan fingerprint density at radius 2 is 2.00 bits per heavy atom. The Kier molecular flexibility index (Phi) is 7.46. The van der Waals surface area contributed by atoms with Gasteiger partial charge >= 0.3 is 6.09 Å². The highest BCUT2D eigenvalue weighted by atomic mass is 35.5. The predicted octanol–water partition coefficient (Wildman–Crippen LogP) is 2.41. The topological polar surface area (TPSA) is 78.9 Å². The van der Waals surface area contributed by atoms with E-state index in [9.17, 15) is 14.1 Å². The molecule has 2 atom stereocenters. The third-order valence-electron chi connectivity index (χ3n) is 4.01. The molecule has 1 aromatic rings. The maximum atomic E-state index is 12.5. The van der Waals surface area contributed by atoms with Crippen LogP contribution in [0.15, 0.2) is 29.2 Å². The van der Waals surface area contributed by atoms with Gasteiger partial charge in [0.1, 0.15) is 5.60 Å². The van der Waals surface area contributed by atoms with Gasteiger partial charge in [-0.1, -0.05) is 11.6 Å². The molecule has 1 heterocycles. The van der Waals surface area contributed by atoms with Crippen LogP contribution in [-0.2, 0) is 15.5 Å². The van der Waals surface area contributed by atoms with Crippen LogP contribution in [-0.4, -0.2) is 63.4 Å². The Balaban J connectivity index is 1.71. The number of aliphatic hydroxyl groups is 1. The summed E-state index contributed by atoms with van der Waals surface area (Å²) in [6, 6.07) is 6.74. The van der Waals surface area contributed by atoms with Crippen molar-refractivity contribution in [1.82, 2.24) is 10.2 Å². The summed E-state index contributed by atoms with van der Waals surface area (Å²) >= 11 is 5.86. The minimum atomic E-state index is -1.05. The van der Waals surface area contributed by atoms with E-state index in [1.807, 2.05) is 0 Å². The standard InChI is InChI=1S/C18H27ClN2O4S/c1-18(2,3)25-17(23)20-14(12-22)8-9-21-10-16(11-21)26(24)15-6-4-13(19)5-7-15/h4-7,14,16,22H,8-12H2,1-3H3,(H,20,23)/t14?,26-/m1/s1. The molecule has 2 N–H and O–H groups in total. The van der Waals surface area contributed by atoms with Gasteiger partial charge in [-0.2, -0.15) is 0 Å². The van der Waals surface area contributed by atoms with Gasteiger partial charge < -0.3 is 20.1 Å². The van der Waals surface area contributed by atoms with Gasteiger partial charge in [-0.05, 0) is 51.5 Å². The van der Waals surface area contributed by atoms with E-state index in [-0.39, 0.29) is 17.9 Å². The van der Waals surface area contributed by atoms with E-state index < -0.39 is 22.5 Å². The van der Waals surface area contributed by atoms with Crippen molar-refractivity contribution >= 4 is 28.5 Å². The number of rotatable bonds is 7. The zero-order valence-corrected chi connectivity index (χ0v) is 17.0. The van der Waals surface area contributed by atoms with Crippen LogP contribution in [0, 0.1) is 0 Å². The molecule has 8 heteroatoms. The molecule has 1 fully saturated rings. The second-order valence-electron chi connectivity index (χ2n) is 7.45. The number of halogens is 1. The summed E-state index contributed by atoms with van der Waals surface area (Å²) < 4.78 is 17.7. The lowest BCUT2D eigenvalue weighted by molar-refractivity contribution is 0.0470. The van der Waals surface area contributed by atoms with Crippen molar-refractivity contribution in [2.75, 3.05) is 26.2 Å². The largest absolute Gasteiger partial charge is 0.444 e. The summed E-state index contributed by atoms with van der Waals surface area (Å²) in [4.78, 5) is 14.7. The minimum Gasteiger partial charge on any atom is -0.444 e. The van der Waals surface area contributed by atoms with E-state index in [0.717, 1.165) is 24.5 Å². The second-order valence-corrected chi connectivity index (χ2v) is 9.62. The number of carbonyl (C=O) groups is 1. The van der Waals surface area contributed by atoms with Crippen molar-refractivity contribution in [3.63, 3.8) is 0 Å². The third-order valence-corrected chi connectivity index (χ3v) is 5.90. The lowest BCUT2D eigenvalue weighted by Crippen LogP contribution is -2.54. The van der Waals surface area contributed by atoms with Gasteiger partial charge in [0.2, 0.25) is 0 Å². The van der Waals surface area contributed by atoms with Gasteiger partial charge in [-0.15, -0.1) is 0 Å². The number of nitrogens with zero attached hydrogens (tertiary/aromatic N) is 1. The summed E-state index contributed by atoms with van der Waals surface area (Å²) in [6.45, 7) is 7.42. The quantitative estimate of drug-likeness (QED) is 0.732. The summed E-state index contributed by atoms with van der Waals surface area (Å²) in [5.41, 5.74) is -0.569. The molecule has 1 amide bonds. The van der Waals surface area contributed by atoms with Crippen molar-refractivity contribution in [2.45, 2.75) is 49.0 Å². The molecule has 26 heavy (non-hydrogen) atoms. The number of carbonyl (C=O) groups excluding carboxylic acids is 1. The van der Waals surface area contributed by atoms with E-state index in [2.05, 4.69) is 10.2 Å². The van der Waals surface area contributed by atoms with Gasteiger partial charge in [0.25, 0.3) is 0 Å². The Morgan fingerprint density at radius 3 is 2.54 bits per heavy atom. The molecular weight excluding hydrogens is 376 g/mol. The highest BCUT2D eigenvalue weighted by molar-refractivity contribution is 7.85. The zero-order chi connectivity index (χ0) is 19.3. The molecule has 146 valence electrons. The molecule has 1 aromatic carbocycles.